The summed E-state index contributed by atoms with van der Waals surface area (Å²) in [5.41, 5.74) is 8.00. The lowest BCUT2D eigenvalue weighted by atomic mass is 10.1. The SMILES string of the molecule is COc1ccc(C)cc1N1CCOC(CCN)C1. The van der Waals surface area contributed by atoms with Crippen LogP contribution in [0.3, 0.4) is 0 Å². The molecule has 1 fully saturated rings. The minimum Gasteiger partial charge on any atom is -0.495 e. The molecular weight excluding hydrogens is 228 g/mol. The lowest BCUT2D eigenvalue weighted by Gasteiger charge is -2.35. The van der Waals surface area contributed by atoms with Crippen molar-refractivity contribution in [1.82, 2.24) is 0 Å². The molecule has 1 heterocycles. The van der Waals surface area contributed by atoms with Crippen molar-refractivity contribution in [2.75, 3.05) is 38.3 Å². The maximum atomic E-state index is 5.71. The normalized spacial score (nSPS) is 19.9. The van der Waals surface area contributed by atoms with Crippen molar-refractivity contribution in [2.24, 2.45) is 5.73 Å². The fraction of sp³-hybridized carbons (Fsp3) is 0.571. The van der Waals surface area contributed by atoms with Crippen LogP contribution in [0.5, 0.6) is 5.75 Å². The van der Waals surface area contributed by atoms with E-state index < -0.39 is 0 Å². The van der Waals surface area contributed by atoms with Crippen molar-refractivity contribution in [3.63, 3.8) is 0 Å². The van der Waals surface area contributed by atoms with Crippen LogP contribution in [0.2, 0.25) is 0 Å². The molecule has 0 bridgehead atoms. The van der Waals surface area contributed by atoms with Gasteiger partial charge in [0, 0.05) is 13.1 Å². The van der Waals surface area contributed by atoms with E-state index in [1.54, 1.807) is 7.11 Å². The van der Waals surface area contributed by atoms with E-state index in [0.717, 1.165) is 37.6 Å². The Morgan fingerprint density at radius 2 is 2.33 bits per heavy atom. The van der Waals surface area contributed by atoms with Gasteiger partial charge >= 0.3 is 0 Å². The molecule has 100 valence electrons. The van der Waals surface area contributed by atoms with Gasteiger partial charge in [0.25, 0.3) is 0 Å². The Morgan fingerprint density at radius 1 is 1.50 bits per heavy atom. The summed E-state index contributed by atoms with van der Waals surface area (Å²) in [7, 11) is 1.71. The number of methoxy groups -OCH3 is 1. The van der Waals surface area contributed by atoms with Gasteiger partial charge in [0.15, 0.2) is 0 Å². The lowest BCUT2D eigenvalue weighted by Crippen LogP contribution is -2.43. The van der Waals surface area contributed by atoms with Crippen LogP contribution >= 0.6 is 0 Å². The smallest absolute Gasteiger partial charge is 0.142 e. The summed E-state index contributed by atoms with van der Waals surface area (Å²) in [6.45, 7) is 5.31. The predicted molar refractivity (Wildman–Crippen MR) is 73.4 cm³/mol. The van der Waals surface area contributed by atoms with Crippen molar-refractivity contribution in [3.8, 4) is 5.75 Å². The molecule has 1 aliphatic heterocycles. The number of nitrogens with two attached hydrogens (primary N) is 1. The second-order valence-electron chi connectivity index (χ2n) is 4.69. The highest BCUT2D eigenvalue weighted by atomic mass is 16.5. The molecule has 18 heavy (non-hydrogen) atoms. The fourth-order valence-electron chi connectivity index (χ4n) is 2.35. The number of morpholine rings is 1. The van der Waals surface area contributed by atoms with Gasteiger partial charge < -0.3 is 20.1 Å². The Morgan fingerprint density at radius 3 is 3.06 bits per heavy atom. The largest absolute Gasteiger partial charge is 0.495 e. The van der Waals surface area contributed by atoms with Crippen LogP contribution in [0.1, 0.15) is 12.0 Å². The molecule has 0 radical (unpaired) electrons. The molecule has 4 nitrogen and oxygen atoms in total. The molecular formula is C14H22N2O2. The number of aryl methyl sites for hydroxylation is 1. The van der Waals surface area contributed by atoms with Crippen LogP contribution < -0.4 is 15.4 Å². The van der Waals surface area contributed by atoms with Crippen LogP contribution in [-0.4, -0.2) is 39.5 Å². The van der Waals surface area contributed by atoms with Gasteiger partial charge in [-0.1, -0.05) is 6.07 Å². The number of ether oxygens (including phenoxy) is 2. The number of benzene rings is 1. The summed E-state index contributed by atoms with van der Waals surface area (Å²) in [5, 5.41) is 0. The Hall–Kier alpha value is -1.26. The number of nitrogens with zero attached hydrogens (tertiary/aromatic N) is 1. The van der Waals surface area contributed by atoms with Crippen LogP contribution in [0.15, 0.2) is 18.2 Å². The molecule has 0 aliphatic carbocycles. The van der Waals surface area contributed by atoms with Gasteiger partial charge in [-0.25, -0.2) is 0 Å². The molecule has 1 unspecified atom stereocenters. The minimum atomic E-state index is 0.231. The summed E-state index contributed by atoms with van der Waals surface area (Å²) in [6, 6.07) is 6.27. The molecule has 1 aliphatic rings. The van der Waals surface area contributed by atoms with Crippen molar-refractivity contribution in [3.05, 3.63) is 23.8 Å². The Kier molecular flexibility index (Phi) is 4.44. The van der Waals surface area contributed by atoms with Crippen LogP contribution in [0, 0.1) is 6.92 Å². The van der Waals surface area contributed by atoms with Gasteiger partial charge in [-0.2, -0.15) is 0 Å². The fourth-order valence-corrected chi connectivity index (χ4v) is 2.35. The summed E-state index contributed by atoms with van der Waals surface area (Å²) in [4.78, 5) is 2.33. The lowest BCUT2D eigenvalue weighted by molar-refractivity contribution is 0.0367. The average Bonchev–Trinajstić information content (AvgIpc) is 2.39. The topological polar surface area (TPSA) is 47.7 Å². The van der Waals surface area contributed by atoms with Gasteiger partial charge in [-0.15, -0.1) is 0 Å². The molecule has 0 amide bonds. The third kappa shape index (κ3) is 2.94. The summed E-state index contributed by atoms with van der Waals surface area (Å²) >= 11 is 0. The first-order valence-corrected chi connectivity index (χ1v) is 6.46. The first kappa shape index (κ1) is 13.2. The van der Waals surface area contributed by atoms with E-state index in [-0.39, 0.29) is 6.10 Å². The van der Waals surface area contributed by atoms with Crippen LogP contribution in [0.25, 0.3) is 0 Å². The molecule has 1 atom stereocenters. The van der Waals surface area contributed by atoms with E-state index in [4.69, 9.17) is 15.2 Å². The van der Waals surface area contributed by atoms with Gasteiger partial charge in [0.05, 0.1) is 25.5 Å². The van der Waals surface area contributed by atoms with E-state index in [2.05, 4.69) is 24.0 Å². The van der Waals surface area contributed by atoms with Crippen molar-refractivity contribution in [2.45, 2.75) is 19.4 Å². The van der Waals surface area contributed by atoms with Crippen molar-refractivity contribution < 1.29 is 9.47 Å². The minimum absolute atomic E-state index is 0.231. The number of hydrogen-bond donors (Lipinski definition) is 1. The van der Waals surface area contributed by atoms with E-state index in [1.807, 2.05) is 6.07 Å². The van der Waals surface area contributed by atoms with Gasteiger partial charge in [-0.3, -0.25) is 0 Å². The monoisotopic (exact) mass is 250 g/mol. The predicted octanol–water partition coefficient (Wildman–Crippen LogP) is 1.56. The van der Waals surface area contributed by atoms with Crippen LogP contribution in [0.4, 0.5) is 5.69 Å². The summed E-state index contributed by atoms with van der Waals surface area (Å²) < 4.78 is 11.2. The zero-order valence-electron chi connectivity index (χ0n) is 11.2. The van der Waals surface area contributed by atoms with Gasteiger partial charge in [0.2, 0.25) is 0 Å². The van der Waals surface area contributed by atoms with E-state index in [9.17, 15) is 0 Å². The molecule has 1 saturated heterocycles. The zero-order chi connectivity index (χ0) is 13.0. The Labute approximate surface area is 109 Å². The molecule has 4 heteroatoms. The highest BCUT2D eigenvalue weighted by molar-refractivity contribution is 5.60. The highest BCUT2D eigenvalue weighted by Crippen LogP contribution is 2.30. The molecule has 2 N–H and O–H groups in total. The van der Waals surface area contributed by atoms with Gasteiger partial charge in [-0.05, 0) is 37.6 Å². The third-order valence-electron chi connectivity index (χ3n) is 3.30. The maximum Gasteiger partial charge on any atom is 0.142 e. The molecule has 2 rings (SSSR count). The second kappa shape index (κ2) is 6.07. The summed E-state index contributed by atoms with van der Waals surface area (Å²) in [5.74, 6) is 0.925. The molecule has 0 saturated carbocycles. The average molecular weight is 250 g/mol. The molecule has 0 aromatic heterocycles. The van der Waals surface area contributed by atoms with E-state index >= 15 is 0 Å². The number of anilines is 1. The standard InChI is InChI=1S/C14H22N2O2/c1-11-3-4-14(17-2)13(9-11)16-7-8-18-12(10-16)5-6-15/h3-4,9,12H,5-8,10,15H2,1-2H3. The second-order valence-corrected chi connectivity index (χ2v) is 4.69. The maximum absolute atomic E-state index is 5.71. The first-order chi connectivity index (χ1) is 8.74. The van der Waals surface area contributed by atoms with E-state index in [1.165, 1.54) is 5.56 Å². The first-order valence-electron chi connectivity index (χ1n) is 6.46. The quantitative estimate of drug-likeness (QED) is 0.881. The van der Waals surface area contributed by atoms with E-state index in [0.29, 0.717) is 6.54 Å². The molecule has 0 spiro atoms. The van der Waals surface area contributed by atoms with Crippen molar-refractivity contribution >= 4 is 5.69 Å². The van der Waals surface area contributed by atoms with Crippen molar-refractivity contribution in [1.29, 1.82) is 0 Å². The Balaban J connectivity index is 2.17. The third-order valence-corrected chi connectivity index (χ3v) is 3.30. The molecule has 1 aromatic rings. The van der Waals surface area contributed by atoms with Crippen LogP contribution in [-0.2, 0) is 4.74 Å². The zero-order valence-corrected chi connectivity index (χ0v) is 11.2. The summed E-state index contributed by atoms with van der Waals surface area (Å²) in [6.07, 6.45) is 1.14. The molecule has 1 aromatic carbocycles. The number of hydrogen-bond acceptors (Lipinski definition) is 4. The van der Waals surface area contributed by atoms with Gasteiger partial charge in [0.1, 0.15) is 5.75 Å². The number of rotatable bonds is 4. The highest BCUT2D eigenvalue weighted by Gasteiger charge is 2.22. The Bertz CT molecular complexity index is 393.